The molecule has 42 heavy (non-hydrogen) atoms. The van der Waals surface area contributed by atoms with Gasteiger partial charge in [-0.1, -0.05) is 45.0 Å². The number of halogens is 1. The van der Waals surface area contributed by atoms with Crippen molar-refractivity contribution in [3.63, 3.8) is 0 Å². The molecule has 12 heteroatoms. The van der Waals surface area contributed by atoms with E-state index in [2.05, 4.69) is 46.1 Å². The second-order valence-electron chi connectivity index (χ2n) is 10.6. The summed E-state index contributed by atoms with van der Waals surface area (Å²) in [4.78, 5) is 41.9. The smallest absolute Gasteiger partial charge is 0.337 e. The van der Waals surface area contributed by atoms with E-state index in [0.717, 1.165) is 17.5 Å². The van der Waals surface area contributed by atoms with Gasteiger partial charge in [-0.15, -0.1) is 5.10 Å². The molecule has 0 bridgehead atoms. The van der Waals surface area contributed by atoms with E-state index in [0.29, 0.717) is 17.7 Å². The van der Waals surface area contributed by atoms with E-state index >= 15 is 0 Å². The van der Waals surface area contributed by atoms with Crippen molar-refractivity contribution in [1.82, 2.24) is 29.9 Å². The lowest BCUT2D eigenvalue weighted by Crippen LogP contribution is -2.44. The zero-order valence-corrected chi connectivity index (χ0v) is 23.6. The Morgan fingerprint density at radius 2 is 1.93 bits per heavy atom. The van der Waals surface area contributed by atoms with Crippen LogP contribution in [0.25, 0.3) is 5.78 Å². The van der Waals surface area contributed by atoms with Gasteiger partial charge in [0.2, 0.25) is 5.91 Å². The van der Waals surface area contributed by atoms with Crippen LogP contribution in [0.5, 0.6) is 6.01 Å². The second kappa shape index (κ2) is 11.8. The SMILES string of the molecule is COc1nc2ncc(C(C(=O)NCCc3cccc(F)c3)N(C(=O)c3cocn3)c3ccc(C(C)(C)C)cc3)cn2n1. The Labute approximate surface area is 241 Å². The van der Waals surface area contributed by atoms with E-state index in [1.807, 2.05) is 12.1 Å². The Hall–Kier alpha value is -5.13. The standard InChI is InChI=1S/C30H30FN7O4/c1-30(2,3)21-8-10-23(11-9-21)38(27(40)24-17-42-18-34-24)25(20-15-33-28-35-29(41-4)36-37(28)16-20)26(39)32-13-12-19-6-5-7-22(31)14-19/h5-11,14-18,25H,12-13H2,1-4H3,(H,32,39). The summed E-state index contributed by atoms with van der Waals surface area (Å²) in [5, 5.41) is 7.13. The molecule has 2 aromatic carbocycles. The quantitative estimate of drug-likeness (QED) is 0.277. The van der Waals surface area contributed by atoms with Crippen molar-refractivity contribution in [2.75, 3.05) is 18.6 Å². The molecule has 0 aliphatic heterocycles. The van der Waals surface area contributed by atoms with Gasteiger partial charge in [-0.2, -0.15) is 4.98 Å². The van der Waals surface area contributed by atoms with Crippen LogP contribution in [0.3, 0.4) is 0 Å². The molecule has 0 aliphatic carbocycles. The number of aromatic nitrogens is 5. The highest BCUT2D eigenvalue weighted by Gasteiger charge is 2.35. The lowest BCUT2D eigenvalue weighted by Gasteiger charge is -2.31. The van der Waals surface area contributed by atoms with Crippen LogP contribution in [0.4, 0.5) is 10.1 Å². The van der Waals surface area contributed by atoms with Crippen LogP contribution in [0.1, 0.15) is 54.0 Å². The van der Waals surface area contributed by atoms with Gasteiger partial charge in [-0.25, -0.2) is 18.9 Å². The van der Waals surface area contributed by atoms with Gasteiger partial charge in [0.05, 0.1) is 7.11 Å². The van der Waals surface area contributed by atoms with Crippen molar-refractivity contribution in [1.29, 1.82) is 0 Å². The monoisotopic (exact) mass is 571 g/mol. The molecule has 1 unspecified atom stereocenters. The first kappa shape index (κ1) is 28.4. The molecular formula is C30H30FN7O4. The van der Waals surface area contributed by atoms with Crippen molar-refractivity contribution in [2.45, 2.75) is 38.6 Å². The fraction of sp³-hybridized carbons (Fsp3) is 0.267. The molecule has 5 rings (SSSR count). The number of hydrogen-bond acceptors (Lipinski definition) is 8. The molecule has 1 atom stereocenters. The highest BCUT2D eigenvalue weighted by molar-refractivity contribution is 6.09. The van der Waals surface area contributed by atoms with Gasteiger partial charge >= 0.3 is 6.01 Å². The zero-order chi connectivity index (χ0) is 29.9. The zero-order valence-electron chi connectivity index (χ0n) is 23.6. The summed E-state index contributed by atoms with van der Waals surface area (Å²) >= 11 is 0. The molecule has 3 heterocycles. The molecule has 0 fully saturated rings. The van der Waals surface area contributed by atoms with Crippen molar-refractivity contribution in [3.8, 4) is 6.01 Å². The van der Waals surface area contributed by atoms with Crippen molar-refractivity contribution in [3.05, 3.63) is 102 Å². The minimum atomic E-state index is -1.20. The maximum Gasteiger partial charge on any atom is 0.337 e. The van der Waals surface area contributed by atoms with Crippen molar-refractivity contribution in [2.24, 2.45) is 0 Å². The fourth-order valence-corrected chi connectivity index (χ4v) is 4.49. The molecule has 0 spiro atoms. The summed E-state index contributed by atoms with van der Waals surface area (Å²) in [6, 6.07) is 12.5. The summed E-state index contributed by atoms with van der Waals surface area (Å²) in [7, 11) is 1.43. The normalized spacial score (nSPS) is 12.2. The van der Waals surface area contributed by atoms with Crippen LogP contribution in [0.15, 0.2) is 78.0 Å². The average molecular weight is 572 g/mol. The Balaban J connectivity index is 1.57. The Bertz CT molecular complexity index is 1700. The first-order chi connectivity index (χ1) is 20.1. The van der Waals surface area contributed by atoms with Crippen LogP contribution < -0.4 is 15.0 Å². The number of anilines is 1. The minimum absolute atomic E-state index is 0.0175. The number of methoxy groups -OCH3 is 1. The van der Waals surface area contributed by atoms with Crippen molar-refractivity contribution < 1.29 is 23.1 Å². The third kappa shape index (κ3) is 6.12. The third-order valence-corrected chi connectivity index (χ3v) is 6.68. The number of hydrogen-bond donors (Lipinski definition) is 1. The predicted octanol–water partition coefficient (Wildman–Crippen LogP) is 4.30. The summed E-state index contributed by atoms with van der Waals surface area (Å²) in [5.74, 6) is -1.16. The van der Waals surface area contributed by atoms with E-state index in [-0.39, 0.29) is 35.3 Å². The van der Waals surface area contributed by atoms with Gasteiger partial charge < -0.3 is 14.5 Å². The number of nitrogens with zero attached hydrogens (tertiary/aromatic N) is 6. The molecule has 1 N–H and O–H groups in total. The molecule has 0 aliphatic rings. The molecule has 0 radical (unpaired) electrons. The van der Waals surface area contributed by atoms with E-state index in [1.54, 1.807) is 30.5 Å². The molecule has 0 saturated heterocycles. The number of benzene rings is 2. The van der Waals surface area contributed by atoms with E-state index < -0.39 is 17.9 Å². The van der Waals surface area contributed by atoms with Crippen LogP contribution >= 0.6 is 0 Å². The number of nitrogens with one attached hydrogen (secondary N) is 1. The summed E-state index contributed by atoms with van der Waals surface area (Å²) in [5.41, 5.74) is 2.47. The highest BCUT2D eigenvalue weighted by Crippen LogP contribution is 2.32. The minimum Gasteiger partial charge on any atom is -0.466 e. The van der Waals surface area contributed by atoms with Gasteiger partial charge in [0.1, 0.15) is 18.1 Å². The number of carbonyl (C=O) groups excluding carboxylic acids is 2. The lowest BCUT2D eigenvalue weighted by molar-refractivity contribution is -0.122. The molecule has 5 aromatic rings. The van der Waals surface area contributed by atoms with Crippen LogP contribution in [-0.4, -0.2) is 50.0 Å². The molecule has 11 nitrogen and oxygen atoms in total. The molecule has 2 amide bonds. The van der Waals surface area contributed by atoms with E-state index in [1.165, 1.54) is 41.1 Å². The highest BCUT2D eigenvalue weighted by atomic mass is 19.1. The third-order valence-electron chi connectivity index (χ3n) is 6.68. The maximum atomic E-state index is 14.0. The van der Waals surface area contributed by atoms with Crippen LogP contribution in [0.2, 0.25) is 0 Å². The van der Waals surface area contributed by atoms with Crippen LogP contribution in [0, 0.1) is 5.82 Å². The number of rotatable bonds is 9. The first-order valence-electron chi connectivity index (χ1n) is 13.2. The van der Waals surface area contributed by atoms with Gasteiger partial charge in [0.15, 0.2) is 12.1 Å². The fourth-order valence-electron chi connectivity index (χ4n) is 4.49. The van der Waals surface area contributed by atoms with Gasteiger partial charge in [0, 0.05) is 30.2 Å². The summed E-state index contributed by atoms with van der Waals surface area (Å²) < 4.78 is 25.3. The second-order valence-corrected chi connectivity index (χ2v) is 10.6. The average Bonchev–Trinajstić information content (AvgIpc) is 3.65. The van der Waals surface area contributed by atoms with E-state index in [4.69, 9.17) is 9.15 Å². The number of ether oxygens (including phenoxy) is 1. The van der Waals surface area contributed by atoms with Crippen molar-refractivity contribution >= 4 is 23.3 Å². The van der Waals surface area contributed by atoms with Gasteiger partial charge in [-0.05, 0) is 47.2 Å². The predicted molar refractivity (Wildman–Crippen MR) is 152 cm³/mol. The molecule has 3 aromatic heterocycles. The molecule has 0 saturated carbocycles. The Morgan fingerprint density at radius 3 is 2.60 bits per heavy atom. The summed E-state index contributed by atoms with van der Waals surface area (Å²) in [6.07, 6.45) is 5.79. The lowest BCUT2D eigenvalue weighted by atomic mass is 9.87. The topological polar surface area (TPSA) is 128 Å². The molecular weight excluding hydrogens is 541 g/mol. The Morgan fingerprint density at radius 1 is 1.14 bits per heavy atom. The van der Waals surface area contributed by atoms with Gasteiger partial charge in [0.25, 0.3) is 11.7 Å². The summed E-state index contributed by atoms with van der Waals surface area (Å²) in [6.45, 7) is 6.45. The van der Waals surface area contributed by atoms with E-state index in [9.17, 15) is 14.0 Å². The number of carbonyl (C=O) groups is 2. The van der Waals surface area contributed by atoms with Crippen LogP contribution in [-0.2, 0) is 16.6 Å². The number of amides is 2. The van der Waals surface area contributed by atoms with Gasteiger partial charge in [-0.3, -0.25) is 14.5 Å². The first-order valence-corrected chi connectivity index (χ1v) is 13.2. The number of oxazole rings is 1. The molecule has 216 valence electrons. The maximum absolute atomic E-state index is 14.0. The largest absolute Gasteiger partial charge is 0.466 e. The number of fused-ring (bicyclic) bond motifs is 1. The Kier molecular flexibility index (Phi) is 7.96.